The zero-order chi connectivity index (χ0) is 22.0. The lowest BCUT2D eigenvalue weighted by atomic mass is 10.1. The summed E-state index contributed by atoms with van der Waals surface area (Å²) in [7, 11) is 0. The number of benzene rings is 2. The molecule has 4 rings (SSSR count). The third-order valence-corrected chi connectivity index (χ3v) is 5.89. The average molecular weight is 433 g/mol. The molecule has 0 atom stereocenters. The average Bonchev–Trinajstić information content (AvgIpc) is 3.07. The molecular formula is C26H29ClN4. The number of hydrogen-bond donors (Lipinski definition) is 0. The first kappa shape index (κ1) is 21.4. The van der Waals surface area contributed by atoms with Crippen molar-refractivity contribution in [2.75, 3.05) is 4.90 Å². The Balaban J connectivity index is 1.87. The van der Waals surface area contributed by atoms with Gasteiger partial charge in [-0.3, -0.25) is 0 Å². The summed E-state index contributed by atoms with van der Waals surface area (Å²) >= 11 is 6.68. The van der Waals surface area contributed by atoms with Crippen molar-refractivity contribution in [3.63, 3.8) is 0 Å². The van der Waals surface area contributed by atoms with Gasteiger partial charge < -0.3 is 9.47 Å². The van der Waals surface area contributed by atoms with Gasteiger partial charge in [0, 0.05) is 25.2 Å². The molecule has 0 aliphatic carbocycles. The summed E-state index contributed by atoms with van der Waals surface area (Å²) in [6, 6.07) is 21.0. The number of anilines is 1. The van der Waals surface area contributed by atoms with Crippen LogP contribution in [0.4, 0.5) is 5.82 Å². The smallest absolute Gasteiger partial charge is 0.159 e. The normalized spacial score (nSPS) is 11.4. The molecule has 2 heterocycles. The second kappa shape index (κ2) is 9.11. The maximum Gasteiger partial charge on any atom is 0.159 e. The van der Waals surface area contributed by atoms with Crippen LogP contribution < -0.4 is 4.90 Å². The highest BCUT2D eigenvalue weighted by molar-refractivity contribution is 6.31. The van der Waals surface area contributed by atoms with Gasteiger partial charge in [0.25, 0.3) is 0 Å². The molecule has 0 amide bonds. The van der Waals surface area contributed by atoms with E-state index >= 15 is 0 Å². The van der Waals surface area contributed by atoms with Gasteiger partial charge in [-0.05, 0) is 30.9 Å². The third-order valence-electron chi connectivity index (χ3n) is 5.52. The number of imidazole rings is 1. The van der Waals surface area contributed by atoms with E-state index < -0.39 is 0 Å². The molecule has 0 unspecified atom stereocenters. The van der Waals surface area contributed by atoms with Crippen molar-refractivity contribution < 1.29 is 0 Å². The summed E-state index contributed by atoms with van der Waals surface area (Å²) in [6.07, 6.45) is 0. The van der Waals surface area contributed by atoms with Gasteiger partial charge in [0.05, 0.1) is 5.52 Å². The quantitative estimate of drug-likeness (QED) is 0.310. The van der Waals surface area contributed by atoms with Gasteiger partial charge in [-0.15, -0.1) is 0 Å². The standard InChI is InChI=1S/C26H29ClN4/c1-18(2)15-31-20(4)28-23-24(31)19(3)25(27)29-26(23)30(16-21-11-7-5-8-12-21)17-22-13-9-6-10-14-22/h5-14,18H,15-17H2,1-4H3. The predicted octanol–water partition coefficient (Wildman–Crippen LogP) is 6.56. The molecular weight excluding hydrogens is 404 g/mol. The van der Waals surface area contributed by atoms with E-state index in [0.717, 1.165) is 47.9 Å². The van der Waals surface area contributed by atoms with Gasteiger partial charge >= 0.3 is 0 Å². The summed E-state index contributed by atoms with van der Waals surface area (Å²) in [6.45, 7) is 10.9. The molecule has 4 aromatic rings. The molecule has 0 N–H and O–H groups in total. The van der Waals surface area contributed by atoms with Crippen LogP contribution in [0.5, 0.6) is 0 Å². The summed E-state index contributed by atoms with van der Waals surface area (Å²) in [4.78, 5) is 12.1. The third kappa shape index (κ3) is 4.59. The van der Waals surface area contributed by atoms with Crippen LogP contribution in [0.15, 0.2) is 60.7 Å². The lowest BCUT2D eigenvalue weighted by Gasteiger charge is -2.25. The Morgan fingerprint density at radius 3 is 1.94 bits per heavy atom. The van der Waals surface area contributed by atoms with Crippen molar-refractivity contribution in [1.82, 2.24) is 14.5 Å². The van der Waals surface area contributed by atoms with Gasteiger partial charge in [-0.1, -0.05) is 86.1 Å². The SMILES string of the molecule is Cc1c(Cl)nc(N(Cc2ccccc2)Cc2ccccc2)c2nc(C)n(CC(C)C)c12. The Kier molecular flexibility index (Phi) is 6.28. The molecule has 0 saturated carbocycles. The fraction of sp³-hybridized carbons (Fsp3) is 0.308. The highest BCUT2D eigenvalue weighted by atomic mass is 35.5. The van der Waals surface area contributed by atoms with Crippen molar-refractivity contribution in [2.24, 2.45) is 5.92 Å². The van der Waals surface area contributed by atoms with Gasteiger partial charge in [0.2, 0.25) is 0 Å². The highest BCUT2D eigenvalue weighted by Crippen LogP contribution is 2.34. The van der Waals surface area contributed by atoms with E-state index in [1.54, 1.807) is 0 Å². The zero-order valence-electron chi connectivity index (χ0n) is 18.6. The van der Waals surface area contributed by atoms with E-state index in [-0.39, 0.29) is 0 Å². The highest BCUT2D eigenvalue weighted by Gasteiger charge is 2.22. The first-order chi connectivity index (χ1) is 14.9. The fourth-order valence-corrected chi connectivity index (χ4v) is 4.22. The summed E-state index contributed by atoms with van der Waals surface area (Å²) in [5.41, 5.74) is 5.45. The Bertz CT molecular complexity index is 1130. The topological polar surface area (TPSA) is 34.0 Å². The summed E-state index contributed by atoms with van der Waals surface area (Å²) < 4.78 is 2.29. The van der Waals surface area contributed by atoms with Crippen LogP contribution in [-0.2, 0) is 19.6 Å². The lowest BCUT2D eigenvalue weighted by molar-refractivity contribution is 0.523. The number of hydrogen-bond acceptors (Lipinski definition) is 3. The summed E-state index contributed by atoms with van der Waals surface area (Å²) in [5, 5.41) is 0.540. The van der Waals surface area contributed by atoms with Crippen molar-refractivity contribution in [3.8, 4) is 0 Å². The van der Waals surface area contributed by atoms with Crippen molar-refractivity contribution in [1.29, 1.82) is 0 Å². The molecule has 0 saturated heterocycles. The molecule has 31 heavy (non-hydrogen) atoms. The molecule has 0 aliphatic rings. The van der Waals surface area contributed by atoms with E-state index in [1.807, 2.05) is 19.1 Å². The largest absolute Gasteiger partial charge is 0.346 e. The first-order valence-electron chi connectivity index (χ1n) is 10.8. The molecule has 160 valence electrons. The van der Waals surface area contributed by atoms with Crippen LogP contribution in [-0.4, -0.2) is 14.5 Å². The van der Waals surface area contributed by atoms with E-state index in [9.17, 15) is 0 Å². The van der Waals surface area contributed by atoms with Gasteiger partial charge in [-0.2, -0.15) is 0 Å². The molecule has 5 heteroatoms. The lowest BCUT2D eigenvalue weighted by Crippen LogP contribution is -2.24. The number of rotatable bonds is 7. The van der Waals surface area contributed by atoms with Crippen LogP contribution in [0.3, 0.4) is 0 Å². The van der Waals surface area contributed by atoms with Crippen molar-refractivity contribution in [3.05, 3.63) is 88.3 Å². The number of halogens is 1. The van der Waals surface area contributed by atoms with E-state index in [2.05, 4.69) is 78.8 Å². The number of fused-ring (bicyclic) bond motifs is 1. The molecule has 0 radical (unpaired) electrons. The second-order valence-corrected chi connectivity index (χ2v) is 8.90. The molecule has 0 bridgehead atoms. The van der Waals surface area contributed by atoms with Crippen molar-refractivity contribution in [2.45, 2.75) is 47.3 Å². The van der Waals surface area contributed by atoms with E-state index in [4.69, 9.17) is 21.6 Å². The van der Waals surface area contributed by atoms with Crippen LogP contribution in [0.25, 0.3) is 11.0 Å². The molecule has 0 spiro atoms. The first-order valence-corrected chi connectivity index (χ1v) is 11.2. The maximum atomic E-state index is 6.68. The Morgan fingerprint density at radius 1 is 0.871 bits per heavy atom. The minimum atomic E-state index is 0.510. The molecule has 2 aromatic heterocycles. The minimum absolute atomic E-state index is 0.510. The number of aryl methyl sites for hydroxylation is 2. The second-order valence-electron chi connectivity index (χ2n) is 8.54. The zero-order valence-corrected chi connectivity index (χ0v) is 19.4. The van der Waals surface area contributed by atoms with E-state index in [1.165, 1.54) is 11.1 Å². The van der Waals surface area contributed by atoms with E-state index in [0.29, 0.717) is 11.1 Å². The predicted molar refractivity (Wildman–Crippen MR) is 130 cm³/mol. The van der Waals surface area contributed by atoms with Crippen molar-refractivity contribution >= 4 is 28.5 Å². The van der Waals surface area contributed by atoms with Gasteiger partial charge in [-0.25, -0.2) is 9.97 Å². The number of nitrogens with zero attached hydrogens (tertiary/aromatic N) is 4. The van der Waals surface area contributed by atoms with Crippen LogP contribution in [0.1, 0.15) is 36.4 Å². The number of aromatic nitrogens is 3. The minimum Gasteiger partial charge on any atom is -0.346 e. The number of pyridine rings is 1. The molecule has 0 aliphatic heterocycles. The maximum absolute atomic E-state index is 6.68. The molecule has 2 aromatic carbocycles. The Labute approximate surface area is 189 Å². The van der Waals surface area contributed by atoms with Gasteiger partial charge in [0.1, 0.15) is 16.5 Å². The molecule has 0 fully saturated rings. The van der Waals surface area contributed by atoms with Crippen LogP contribution in [0, 0.1) is 19.8 Å². The summed E-state index contributed by atoms with van der Waals surface area (Å²) in [5.74, 6) is 2.34. The van der Waals surface area contributed by atoms with Gasteiger partial charge in [0.15, 0.2) is 5.82 Å². The fourth-order valence-electron chi connectivity index (χ4n) is 4.05. The van der Waals surface area contributed by atoms with Crippen LogP contribution >= 0.6 is 11.6 Å². The monoisotopic (exact) mass is 432 g/mol. The Hall–Kier alpha value is -2.85. The van der Waals surface area contributed by atoms with Crippen LogP contribution in [0.2, 0.25) is 5.15 Å². The Morgan fingerprint density at radius 2 is 1.42 bits per heavy atom. The molecule has 4 nitrogen and oxygen atoms in total.